The molecule has 19 heavy (non-hydrogen) atoms. The summed E-state index contributed by atoms with van der Waals surface area (Å²) in [5.41, 5.74) is 1.13. The molecule has 0 radical (unpaired) electrons. The molecule has 1 atom stereocenters. The lowest BCUT2D eigenvalue weighted by Gasteiger charge is -2.27. The van der Waals surface area contributed by atoms with Gasteiger partial charge in [-0.2, -0.15) is 0 Å². The average molecular weight is 278 g/mol. The molecule has 1 aromatic carbocycles. The van der Waals surface area contributed by atoms with Crippen molar-refractivity contribution >= 4 is 17.3 Å². The maximum absolute atomic E-state index is 9.36. The second-order valence-electron chi connectivity index (χ2n) is 4.67. The van der Waals surface area contributed by atoms with Crippen LogP contribution in [0, 0.1) is 0 Å². The molecule has 0 spiro atoms. The van der Waals surface area contributed by atoms with Crippen LogP contribution in [0.15, 0.2) is 36.5 Å². The molecule has 0 bridgehead atoms. The summed E-state index contributed by atoms with van der Waals surface area (Å²) >= 11 is 5.17. The second kappa shape index (κ2) is 6.04. The third kappa shape index (κ3) is 3.94. The van der Waals surface area contributed by atoms with Crippen molar-refractivity contribution in [1.82, 2.24) is 10.2 Å². The van der Waals surface area contributed by atoms with E-state index < -0.39 is 6.23 Å². The lowest BCUT2D eigenvalue weighted by atomic mass is 10.2. The maximum Gasteiger partial charge on any atom is 0.175 e. The summed E-state index contributed by atoms with van der Waals surface area (Å²) in [6.45, 7) is 4.67. The van der Waals surface area contributed by atoms with Crippen molar-refractivity contribution in [3.8, 4) is 5.75 Å². The first-order valence-corrected chi connectivity index (χ1v) is 6.64. The molecule has 2 rings (SSSR count). The van der Waals surface area contributed by atoms with Crippen LogP contribution in [-0.2, 0) is 6.54 Å². The molecule has 102 valence electrons. The fraction of sp³-hybridized carbons (Fsp3) is 0.357. The molecule has 0 aliphatic carbocycles. The van der Waals surface area contributed by atoms with Crippen LogP contribution < -0.4 is 10.1 Å². The summed E-state index contributed by atoms with van der Waals surface area (Å²) in [6.07, 6.45) is 2.94. The number of nitrogens with one attached hydrogen (secondary N) is 1. The molecule has 5 heteroatoms. The Hall–Kier alpha value is -1.59. The number of nitrogens with zero attached hydrogens (tertiary/aromatic N) is 1. The van der Waals surface area contributed by atoms with Gasteiger partial charge in [-0.15, -0.1) is 0 Å². The Kier molecular flexibility index (Phi) is 4.39. The highest BCUT2D eigenvalue weighted by molar-refractivity contribution is 7.80. The highest BCUT2D eigenvalue weighted by Gasteiger charge is 2.14. The number of hydrogen-bond acceptors (Lipinski definition) is 3. The molecule has 0 saturated carbocycles. The van der Waals surface area contributed by atoms with Crippen LogP contribution >= 0.6 is 12.2 Å². The van der Waals surface area contributed by atoms with Crippen LogP contribution in [0.3, 0.4) is 0 Å². The summed E-state index contributed by atoms with van der Waals surface area (Å²) < 4.78 is 5.60. The van der Waals surface area contributed by atoms with Crippen LogP contribution in [0.1, 0.15) is 19.4 Å². The van der Waals surface area contributed by atoms with E-state index in [4.69, 9.17) is 17.0 Å². The van der Waals surface area contributed by atoms with Gasteiger partial charge in [0.05, 0.1) is 6.10 Å². The number of aliphatic hydroxyl groups is 1. The number of rotatable bonds is 4. The minimum Gasteiger partial charge on any atom is -0.491 e. The predicted molar refractivity (Wildman–Crippen MR) is 78.6 cm³/mol. The highest BCUT2D eigenvalue weighted by Crippen LogP contribution is 2.16. The van der Waals surface area contributed by atoms with Crippen LogP contribution in [0.2, 0.25) is 0 Å². The van der Waals surface area contributed by atoms with Crippen molar-refractivity contribution in [3.05, 3.63) is 42.1 Å². The number of aliphatic hydroxyl groups excluding tert-OH is 1. The zero-order chi connectivity index (χ0) is 13.8. The third-order valence-corrected chi connectivity index (χ3v) is 2.98. The van der Waals surface area contributed by atoms with E-state index in [-0.39, 0.29) is 6.10 Å². The molecule has 1 unspecified atom stereocenters. The number of thiocarbonyl (C=S) groups is 1. The van der Waals surface area contributed by atoms with Gasteiger partial charge in [0.1, 0.15) is 12.0 Å². The molecule has 1 aliphatic rings. The van der Waals surface area contributed by atoms with Crippen LogP contribution in [0.25, 0.3) is 0 Å². The highest BCUT2D eigenvalue weighted by atomic mass is 32.1. The predicted octanol–water partition coefficient (Wildman–Crippen LogP) is 2.00. The summed E-state index contributed by atoms with van der Waals surface area (Å²) in [5, 5.41) is 12.7. The molecular formula is C14H18N2O2S. The van der Waals surface area contributed by atoms with E-state index in [1.165, 1.54) is 0 Å². The molecule has 0 aromatic heterocycles. The molecule has 0 saturated heterocycles. The first-order valence-electron chi connectivity index (χ1n) is 6.24. The van der Waals surface area contributed by atoms with Gasteiger partial charge >= 0.3 is 0 Å². The average Bonchev–Trinajstić information content (AvgIpc) is 2.34. The van der Waals surface area contributed by atoms with Gasteiger partial charge in [-0.25, -0.2) is 0 Å². The standard InChI is InChI=1S/C14H18N2O2S/c1-10(2)18-12-5-3-11(4-6-12)9-16-8-7-13(17)15-14(16)19/h3-8,10,13,17H,9H2,1-2H3,(H,15,19). The molecule has 4 nitrogen and oxygen atoms in total. The quantitative estimate of drug-likeness (QED) is 0.825. The zero-order valence-electron chi connectivity index (χ0n) is 11.0. The first-order chi connectivity index (χ1) is 9.04. The van der Waals surface area contributed by atoms with Crippen LogP contribution in [0.4, 0.5) is 0 Å². The number of benzene rings is 1. The van der Waals surface area contributed by atoms with E-state index in [1.807, 2.05) is 43.0 Å². The lowest BCUT2D eigenvalue weighted by Crippen LogP contribution is -2.44. The monoisotopic (exact) mass is 278 g/mol. The zero-order valence-corrected chi connectivity index (χ0v) is 11.9. The summed E-state index contributed by atoms with van der Waals surface area (Å²) in [5.74, 6) is 0.865. The number of hydrogen-bond donors (Lipinski definition) is 2. The van der Waals surface area contributed by atoms with Crippen molar-refractivity contribution in [3.63, 3.8) is 0 Å². The van der Waals surface area contributed by atoms with Crippen molar-refractivity contribution in [2.45, 2.75) is 32.7 Å². The van der Waals surface area contributed by atoms with E-state index in [0.29, 0.717) is 11.7 Å². The molecule has 2 N–H and O–H groups in total. The van der Waals surface area contributed by atoms with E-state index in [0.717, 1.165) is 11.3 Å². The molecule has 1 heterocycles. The second-order valence-corrected chi connectivity index (χ2v) is 5.06. The summed E-state index contributed by atoms with van der Waals surface area (Å²) in [7, 11) is 0. The van der Waals surface area contributed by atoms with Crippen LogP contribution in [0.5, 0.6) is 5.75 Å². The van der Waals surface area contributed by atoms with Crippen molar-refractivity contribution in [2.24, 2.45) is 0 Å². The van der Waals surface area contributed by atoms with Gasteiger partial charge in [0, 0.05) is 12.7 Å². The summed E-state index contributed by atoms with van der Waals surface area (Å²) in [4.78, 5) is 1.88. The Morgan fingerprint density at radius 1 is 1.37 bits per heavy atom. The fourth-order valence-electron chi connectivity index (χ4n) is 1.78. The van der Waals surface area contributed by atoms with E-state index in [2.05, 4.69) is 5.32 Å². The van der Waals surface area contributed by atoms with Gasteiger partial charge in [-0.05, 0) is 49.8 Å². The van der Waals surface area contributed by atoms with Crippen molar-refractivity contribution < 1.29 is 9.84 Å². The Bertz CT molecular complexity index is 471. The molecule has 0 fully saturated rings. The largest absolute Gasteiger partial charge is 0.491 e. The molecule has 1 aromatic rings. The number of ether oxygens (including phenoxy) is 1. The van der Waals surface area contributed by atoms with Gasteiger partial charge < -0.3 is 20.1 Å². The summed E-state index contributed by atoms with van der Waals surface area (Å²) in [6, 6.07) is 7.93. The van der Waals surface area contributed by atoms with Crippen LogP contribution in [-0.4, -0.2) is 27.5 Å². The molecule has 0 amide bonds. The third-order valence-electron chi connectivity index (χ3n) is 2.63. The topological polar surface area (TPSA) is 44.7 Å². The van der Waals surface area contributed by atoms with Gasteiger partial charge in [0.2, 0.25) is 0 Å². The fourth-order valence-corrected chi connectivity index (χ4v) is 2.02. The van der Waals surface area contributed by atoms with Gasteiger partial charge in [0.25, 0.3) is 0 Å². The smallest absolute Gasteiger partial charge is 0.175 e. The van der Waals surface area contributed by atoms with Gasteiger partial charge in [-0.1, -0.05) is 12.1 Å². The normalized spacial score (nSPS) is 18.6. The van der Waals surface area contributed by atoms with Gasteiger partial charge in [-0.3, -0.25) is 0 Å². The van der Waals surface area contributed by atoms with Crippen molar-refractivity contribution in [2.75, 3.05) is 0 Å². The van der Waals surface area contributed by atoms with E-state index >= 15 is 0 Å². The van der Waals surface area contributed by atoms with Gasteiger partial charge in [0.15, 0.2) is 5.11 Å². The first kappa shape index (κ1) is 13.8. The van der Waals surface area contributed by atoms with Crippen molar-refractivity contribution in [1.29, 1.82) is 0 Å². The van der Waals surface area contributed by atoms with E-state index in [9.17, 15) is 5.11 Å². The Morgan fingerprint density at radius 3 is 2.63 bits per heavy atom. The Balaban J connectivity index is 2.00. The Labute approximate surface area is 118 Å². The molecule has 1 aliphatic heterocycles. The lowest BCUT2D eigenvalue weighted by molar-refractivity contribution is 0.197. The molecular weight excluding hydrogens is 260 g/mol. The Morgan fingerprint density at radius 2 is 2.05 bits per heavy atom. The minimum atomic E-state index is -0.689. The maximum atomic E-state index is 9.36. The minimum absolute atomic E-state index is 0.175. The van der Waals surface area contributed by atoms with E-state index in [1.54, 1.807) is 12.3 Å². The SMILES string of the molecule is CC(C)Oc1ccc(CN2C=CC(O)NC2=S)cc1.